The molecule has 0 saturated carbocycles. The standard InChI is InChI=1S/C12H26NO5Si/c1-5-15-12(14)13-10-9-11-19(16-6-2,17-7-3)18-8-4/h1,5-11H2,2-4H3,(H,13,14). The zero-order valence-corrected chi connectivity index (χ0v) is 13.2. The van der Waals surface area contributed by atoms with Gasteiger partial charge in [-0.15, -0.1) is 0 Å². The Hall–Kier alpha value is -0.633. The second kappa shape index (κ2) is 11.2. The van der Waals surface area contributed by atoms with E-state index in [0.717, 1.165) is 6.42 Å². The number of ether oxygens (including phenoxy) is 1. The molecule has 0 aromatic heterocycles. The van der Waals surface area contributed by atoms with E-state index in [4.69, 9.17) is 13.3 Å². The predicted molar refractivity (Wildman–Crippen MR) is 74.8 cm³/mol. The van der Waals surface area contributed by atoms with E-state index in [1.807, 2.05) is 20.8 Å². The fourth-order valence-corrected chi connectivity index (χ4v) is 4.25. The zero-order valence-electron chi connectivity index (χ0n) is 12.2. The number of carbonyl (C=O) groups excluding carboxylic acids is 1. The molecule has 0 aliphatic rings. The summed E-state index contributed by atoms with van der Waals surface area (Å²) in [7, 11) is -2.59. The van der Waals surface area contributed by atoms with E-state index in [-0.39, 0.29) is 6.61 Å². The molecule has 0 aromatic rings. The normalized spacial score (nSPS) is 11.4. The average molecular weight is 292 g/mol. The van der Waals surface area contributed by atoms with Gasteiger partial charge >= 0.3 is 14.9 Å². The maximum absolute atomic E-state index is 11.1. The molecule has 1 amide bonds. The third-order valence-electron chi connectivity index (χ3n) is 2.25. The molecule has 0 aliphatic carbocycles. The summed E-state index contributed by atoms with van der Waals surface area (Å²) in [6, 6.07) is 0.674. The summed E-state index contributed by atoms with van der Waals surface area (Å²) in [4.78, 5) is 11.1. The monoisotopic (exact) mass is 292 g/mol. The zero-order chi connectivity index (χ0) is 14.6. The summed E-state index contributed by atoms with van der Waals surface area (Å²) >= 11 is 0. The lowest BCUT2D eigenvalue weighted by Crippen LogP contribution is -2.46. The number of carbonyl (C=O) groups is 1. The van der Waals surface area contributed by atoms with Gasteiger partial charge in [0.1, 0.15) is 0 Å². The van der Waals surface area contributed by atoms with Crippen molar-refractivity contribution in [3.05, 3.63) is 6.92 Å². The van der Waals surface area contributed by atoms with Gasteiger partial charge in [0.05, 0.1) is 6.61 Å². The Morgan fingerprint density at radius 3 is 2.05 bits per heavy atom. The summed E-state index contributed by atoms with van der Waals surface area (Å²) in [6.07, 6.45) is 0.268. The lowest BCUT2D eigenvalue weighted by molar-refractivity contribution is 0.0707. The van der Waals surface area contributed by atoms with Crippen molar-refractivity contribution in [1.29, 1.82) is 0 Å². The fourth-order valence-electron chi connectivity index (χ4n) is 1.64. The number of hydrogen-bond acceptors (Lipinski definition) is 5. The molecular weight excluding hydrogens is 266 g/mol. The van der Waals surface area contributed by atoms with Gasteiger partial charge in [-0.3, -0.25) is 0 Å². The molecule has 1 N–H and O–H groups in total. The van der Waals surface area contributed by atoms with E-state index in [1.54, 1.807) is 0 Å². The van der Waals surface area contributed by atoms with Crippen molar-refractivity contribution < 1.29 is 22.8 Å². The van der Waals surface area contributed by atoms with Crippen LogP contribution in [0.25, 0.3) is 0 Å². The van der Waals surface area contributed by atoms with Gasteiger partial charge in [-0.2, -0.15) is 0 Å². The minimum absolute atomic E-state index is 0.126. The van der Waals surface area contributed by atoms with E-state index in [1.165, 1.54) is 0 Å². The smallest absolute Gasteiger partial charge is 0.450 e. The second-order valence-corrected chi connectivity index (χ2v) is 6.38. The third-order valence-corrected chi connectivity index (χ3v) is 5.41. The molecule has 19 heavy (non-hydrogen) atoms. The molecular formula is C12H26NO5Si. The minimum atomic E-state index is -2.59. The van der Waals surface area contributed by atoms with E-state index >= 15 is 0 Å². The average Bonchev–Trinajstić information content (AvgIpc) is 2.36. The highest BCUT2D eigenvalue weighted by atomic mass is 28.4. The Morgan fingerprint density at radius 1 is 1.11 bits per heavy atom. The summed E-state index contributed by atoms with van der Waals surface area (Å²) in [5, 5.41) is 2.64. The lowest BCUT2D eigenvalue weighted by Gasteiger charge is -2.28. The Balaban J connectivity index is 4.13. The second-order valence-electron chi connectivity index (χ2n) is 3.65. The fraction of sp³-hybridized carbons (Fsp3) is 0.833. The van der Waals surface area contributed by atoms with Crippen LogP contribution >= 0.6 is 0 Å². The van der Waals surface area contributed by atoms with Crippen molar-refractivity contribution in [2.45, 2.75) is 33.2 Å². The van der Waals surface area contributed by atoms with Crippen molar-refractivity contribution in [2.24, 2.45) is 0 Å². The molecule has 0 aliphatic heterocycles. The number of rotatable bonds is 11. The first-order valence-electron chi connectivity index (χ1n) is 6.75. The maximum Gasteiger partial charge on any atom is 0.500 e. The predicted octanol–water partition coefficient (Wildman–Crippen LogP) is 1.99. The first kappa shape index (κ1) is 18.4. The Labute approximate surface area is 117 Å². The topological polar surface area (TPSA) is 66.0 Å². The molecule has 7 heteroatoms. The van der Waals surface area contributed by atoms with Crippen molar-refractivity contribution in [2.75, 3.05) is 33.0 Å². The molecule has 113 valence electrons. The highest BCUT2D eigenvalue weighted by Crippen LogP contribution is 2.17. The van der Waals surface area contributed by atoms with Gasteiger partial charge < -0.3 is 23.3 Å². The quantitative estimate of drug-likeness (QED) is 0.466. The number of alkyl carbamates (subject to hydrolysis) is 1. The van der Waals surface area contributed by atoms with Crippen LogP contribution in [0.5, 0.6) is 0 Å². The van der Waals surface area contributed by atoms with Crippen LogP contribution in [0.4, 0.5) is 4.79 Å². The van der Waals surface area contributed by atoms with Gasteiger partial charge in [0.2, 0.25) is 0 Å². The van der Waals surface area contributed by atoms with E-state index < -0.39 is 14.9 Å². The Morgan fingerprint density at radius 2 is 1.63 bits per heavy atom. The summed E-state index contributed by atoms with van der Waals surface area (Å²) in [5.74, 6) is 0. The highest BCUT2D eigenvalue weighted by Gasteiger charge is 2.39. The van der Waals surface area contributed by atoms with Gasteiger partial charge in [-0.25, -0.2) is 4.79 Å². The molecule has 0 saturated heterocycles. The molecule has 0 aromatic carbocycles. The minimum Gasteiger partial charge on any atom is -0.450 e. The summed E-state index contributed by atoms with van der Waals surface area (Å²) in [6.45, 7) is 11.5. The van der Waals surface area contributed by atoms with Crippen molar-refractivity contribution >= 4 is 14.9 Å². The summed E-state index contributed by atoms with van der Waals surface area (Å²) in [5.41, 5.74) is 0. The molecule has 0 heterocycles. The number of nitrogens with one attached hydrogen (secondary N) is 1. The van der Waals surface area contributed by atoms with Gasteiger partial charge in [0.15, 0.2) is 0 Å². The van der Waals surface area contributed by atoms with Crippen LogP contribution in [-0.4, -0.2) is 47.9 Å². The first-order valence-corrected chi connectivity index (χ1v) is 8.69. The SMILES string of the molecule is [CH2]COC(=O)NCCC[Si](OCC)(OCC)OCC. The van der Waals surface area contributed by atoms with Crippen LogP contribution < -0.4 is 5.32 Å². The van der Waals surface area contributed by atoms with Gasteiger partial charge in [-0.1, -0.05) is 0 Å². The molecule has 0 fully saturated rings. The van der Waals surface area contributed by atoms with Crippen molar-refractivity contribution in [3.63, 3.8) is 0 Å². The van der Waals surface area contributed by atoms with Crippen LogP contribution in [-0.2, 0) is 18.0 Å². The molecule has 6 nitrogen and oxygen atoms in total. The van der Waals surface area contributed by atoms with Gasteiger partial charge in [0, 0.05) is 32.4 Å². The largest absolute Gasteiger partial charge is 0.500 e. The summed E-state index contributed by atoms with van der Waals surface area (Å²) < 4.78 is 21.8. The van der Waals surface area contributed by atoms with Gasteiger partial charge in [0.25, 0.3) is 0 Å². The van der Waals surface area contributed by atoms with Crippen LogP contribution in [0.15, 0.2) is 0 Å². The molecule has 0 bridgehead atoms. The van der Waals surface area contributed by atoms with E-state index in [2.05, 4.69) is 17.0 Å². The van der Waals surface area contributed by atoms with E-state index in [0.29, 0.717) is 32.4 Å². The molecule has 0 spiro atoms. The molecule has 0 atom stereocenters. The lowest BCUT2D eigenvalue weighted by atomic mass is 10.5. The first-order chi connectivity index (χ1) is 9.14. The van der Waals surface area contributed by atoms with Crippen LogP contribution in [0, 0.1) is 6.92 Å². The number of hydrogen-bond donors (Lipinski definition) is 1. The van der Waals surface area contributed by atoms with Crippen LogP contribution in [0.1, 0.15) is 27.2 Å². The van der Waals surface area contributed by atoms with E-state index in [9.17, 15) is 4.79 Å². The molecule has 1 radical (unpaired) electrons. The Kier molecular flexibility index (Phi) is 10.8. The Bertz CT molecular complexity index is 223. The third kappa shape index (κ3) is 8.20. The molecule has 0 unspecified atom stereocenters. The molecule has 0 rings (SSSR count). The maximum atomic E-state index is 11.1. The number of amides is 1. The van der Waals surface area contributed by atoms with Crippen LogP contribution in [0.3, 0.4) is 0 Å². The van der Waals surface area contributed by atoms with Crippen molar-refractivity contribution in [3.8, 4) is 0 Å². The highest BCUT2D eigenvalue weighted by molar-refractivity contribution is 6.60. The van der Waals surface area contributed by atoms with Crippen molar-refractivity contribution in [1.82, 2.24) is 5.32 Å². The van der Waals surface area contributed by atoms with Crippen LogP contribution in [0.2, 0.25) is 6.04 Å². The van der Waals surface area contributed by atoms with Gasteiger partial charge in [-0.05, 0) is 34.1 Å².